The molecule has 0 spiro atoms. The molecule has 0 amide bonds. The summed E-state index contributed by atoms with van der Waals surface area (Å²) in [5.74, 6) is 0.735. The highest BCUT2D eigenvalue weighted by Crippen LogP contribution is 2.29. The molecule has 1 heterocycles. The van der Waals surface area contributed by atoms with E-state index in [1.165, 1.54) is 0 Å². The molecule has 0 saturated carbocycles. The number of phenolic OH excluding ortho intramolecular Hbond substituents is 1. The Morgan fingerprint density at radius 2 is 2.28 bits per heavy atom. The van der Waals surface area contributed by atoms with Crippen molar-refractivity contribution in [2.24, 2.45) is 0 Å². The largest absolute Gasteiger partial charge is 0.504 e. The highest BCUT2D eigenvalue weighted by Gasteiger charge is 2.07. The van der Waals surface area contributed by atoms with Crippen LogP contribution in [0.1, 0.15) is 18.1 Å². The summed E-state index contributed by atoms with van der Waals surface area (Å²) in [5.41, 5.74) is 1.90. The van der Waals surface area contributed by atoms with E-state index in [9.17, 15) is 5.11 Å². The Balaban J connectivity index is 1.94. The second kappa shape index (κ2) is 6.07. The quantitative estimate of drug-likeness (QED) is 0.728. The molecule has 1 aromatic carbocycles. The Hall–Kier alpha value is -2.01. The van der Waals surface area contributed by atoms with Crippen molar-refractivity contribution >= 4 is 0 Å². The number of para-hydroxylation sites is 1. The van der Waals surface area contributed by atoms with Crippen LogP contribution in [0.25, 0.3) is 0 Å². The highest BCUT2D eigenvalue weighted by molar-refractivity contribution is 5.45. The summed E-state index contributed by atoms with van der Waals surface area (Å²) in [6, 6.07) is 5.51. The molecular weight excluding hydrogens is 230 g/mol. The zero-order valence-electron chi connectivity index (χ0n) is 10.3. The van der Waals surface area contributed by atoms with Crippen molar-refractivity contribution in [2.45, 2.75) is 20.0 Å². The standard InChI is InChI=1S/C13H17N3O2/c1-2-18-12-5-3-4-11(13(12)17)9-14-6-10-7-15-16-8-10/h3-5,7-8,14,17H,2,6,9H2,1H3,(H,15,16). The van der Waals surface area contributed by atoms with Crippen molar-refractivity contribution in [1.82, 2.24) is 15.5 Å². The Morgan fingerprint density at radius 3 is 3.00 bits per heavy atom. The summed E-state index contributed by atoms with van der Waals surface area (Å²) in [4.78, 5) is 0. The fourth-order valence-electron chi connectivity index (χ4n) is 1.70. The summed E-state index contributed by atoms with van der Waals surface area (Å²) in [5, 5.41) is 19.9. The van der Waals surface area contributed by atoms with Gasteiger partial charge in [-0.05, 0) is 13.0 Å². The third kappa shape index (κ3) is 3.01. The van der Waals surface area contributed by atoms with Gasteiger partial charge in [0.1, 0.15) is 0 Å². The third-order valence-corrected chi connectivity index (χ3v) is 2.58. The van der Waals surface area contributed by atoms with E-state index < -0.39 is 0 Å². The molecule has 5 nitrogen and oxygen atoms in total. The van der Waals surface area contributed by atoms with Crippen molar-refractivity contribution in [2.75, 3.05) is 6.61 Å². The molecular formula is C13H17N3O2. The molecule has 18 heavy (non-hydrogen) atoms. The maximum absolute atomic E-state index is 9.99. The Kier molecular flexibility index (Phi) is 4.20. The summed E-state index contributed by atoms with van der Waals surface area (Å²) in [7, 11) is 0. The molecule has 0 radical (unpaired) electrons. The van der Waals surface area contributed by atoms with E-state index in [-0.39, 0.29) is 5.75 Å². The number of benzene rings is 1. The molecule has 3 N–H and O–H groups in total. The number of hydrogen-bond acceptors (Lipinski definition) is 4. The van der Waals surface area contributed by atoms with E-state index >= 15 is 0 Å². The third-order valence-electron chi connectivity index (χ3n) is 2.58. The minimum absolute atomic E-state index is 0.207. The van der Waals surface area contributed by atoms with Gasteiger partial charge in [0, 0.05) is 30.4 Å². The van der Waals surface area contributed by atoms with Gasteiger partial charge in [-0.25, -0.2) is 0 Å². The van der Waals surface area contributed by atoms with Gasteiger partial charge in [0.25, 0.3) is 0 Å². The fourth-order valence-corrected chi connectivity index (χ4v) is 1.70. The van der Waals surface area contributed by atoms with Crippen molar-refractivity contribution in [3.05, 3.63) is 41.7 Å². The number of H-pyrrole nitrogens is 1. The summed E-state index contributed by atoms with van der Waals surface area (Å²) in [6.07, 6.45) is 3.60. The summed E-state index contributed by atoms with van der Waals surface area (Å²) < 4.78 is 5.34. The first-order valence-corrected chi connectivity index (χ1v) is 5.93. The lowest BCUT2D eigenvalue weighted by Gasteiger charge is -2.10. The number of phenols is 1. The number of nitrogens with one attached hydrogen (secondary N) is 2. The predicted molar refractivity (Wildman–Crippen MR) is 68.4 cm³/mol. The summed E-state index contributed by atoms with van der Waals surface area (Å²) in [6.45, 7) is 3.72. The Morgan fingerprint density at radius 1 is 1.39 bits per heavy atom. The van der Waals surface area contributed by atoms with Crippen molar-refractivity contribution < 1.29 is 9.84 Å². The van der Waals surface area contributed by atoms with Gasteiger partial charge in [-0.15, -0.1) is 0 Å². The zero-order valence-corrected chi connectivity index (χ0v) is 10.3. The number of ether oxygens (including phenoxy) is 1. The van der Waals surface area contributed by atoms with Gasteiger partial charge in [-0.1, -0.05) is 12.1 Å². The van der Waals surface area contributed by atoms with Crippen LogP contribution in [0, 0.1) is 0 Å². The van der Waals surface area contributed by atoms with Crippen LogP contribution >= 0.6 is 0 Å². The van der Waals surface area contributed by atoms with Crippen molar-refractivity contribution in [3.8, 4) is 11.5 Å². The lowest BCUT2D eigenvalue weighted by Crippen LogP contribution is -2.12. The second-order valence-corrected chi connectivity index (χ2v) is 3.91. The molecule has 0 atom stereocenters. The molecule has 0 aliphatic rings. The molecule has 1 aromatic heterocycles. The Bertz CT molecular complexity index is 483. The smallest absolute Gasteiger partial charge is 0.162 e. The monoisotopic (exact) mass is 247 g/mol. The normalized spacial score (nSPS) is 10.5. The van der Waals surface area contributed by atoms with Crippen LogP contribution in [0.3, 0.4) is 0 Å². The first-order valence-electron chi connectivity index (χ1n) is 5.93. The molecule has 96 valence electrons. The number of hydrogen-bond donors (Lipinski definition) is 3. The number of aromatic nitrogens is 2. The van der Waals surface area contributed by atoms with Crippen LogP contribution in [-0.4, -0.2) is 21.9 Å². The van der Waals surface area contributed by atoms with E-state index in [1.54, 1.807) is 12.3 Å². The molecule has 5 heteroatoms. The highest BCUT2D eigenvalue weighted by atomic mass is 16.5. The first-order chi connectivity index (χ1) is 8.81. The van der Waals surface area contributed by atoms with Crippen LogP contribution in [0.2, 0.25) is 0 Å². The molecule has 0 unspecified atom stereocenters. The molecule has 2 aromatic rings. The van der Waals surface area contributed by atoms with Gasteiger partial charge in [-0.3, -0.25) is 5.10 Å². The van der Waals surface area contributed by atoms with Gasteiger partial charge < -0.3 is 15.2 Å². The lowest BCUT2D eigenvalue weighted by molar-refractivity contribution is 0.316. The van der Waals surface area contributed by atoms with Crippen LogP contribution in [-0.2, 0) is 13.1 Å². The molecule has 0 saturated heterocycles. The van der Waals surface area contributed by atoms with E-state index in [1.807, 2.05) is 25.3 Å². The van der Waals surface area contributed by atoms with Crippen molar-refractivity contribution in [3.63, 3.8) is 0 Å². The van der Waals surface area contributed by atoms with Gasteiger partial charge >= 0.3 is 0 Å². The average molecular weight is 247 g/mol. The number of rotatable bonds is 6. The molecule has 0 bridgehead atoms. The molecule has 0 aliphatic carbocycles. The SMILES string of the molecule is CCOc1cccc(CNCc2cn[nH]c2)c1O. The number of aromatic hydroxyl groups is 1. The molecule has 0 fully saturated rings. The predicted octanol–water partition coefficient (Wildman–Crippen LogP) is 1.80. The van der Waals surface area contributed by atoms with Gasteiger partial charge in [0.2, 0.25) is 0 Å². The second-order valence-electron chi connectivity index (χ2n) is 3.91. The fraction of sp³-hybridized carbons (Fsp3) is 0.308. The molecule has 0 aliphatic heterocycles. The maximum atomic E-state index is 9.99. The van der Waals surface area contributed by atoms with Crippen LogP contribution in [0.15, 0.2) is 30.6 Å². The van der Waals surface area contributed by atoms with Gasteiger partial charge in [0.05, 0.1) is 12.8 Å². The van der Waals surface area contributed by atoms with Gasteiger partial charge in [-0.2, -0.15) is 5.10 Å². The molecule has 2 rings (SSSR count). The summed E-state index contributed by atoms with van der Waals surface area (Å²) >= 11 is 0. The topological polar surface area (TPSA) is 70.2 Å². The van der Waals surface area contributed by atoms with Crippen molar-refractivity contribution in [1.29, 1.82) is 0 Å². The minimum Gasteiger partial charge on any atom is -0.504 e. The van der Waals surface area contributed by atoms with Crippen LogP contribution < -0.4 is 10.1 Å². The Labute approximate surface area is 106 Å². The minimum atomic E-state index is 0.207. The number of aromatic amines is 1. The first kappa shape index (κ1) is 12.4. The van der Waals surface area contributed by atoms with E-state index in [4.69, 9.17) is 4.74 Å². The van der Waals surface area contributed by atoms with Crippen LogP contribution in [0.5, 0.6) is 11.5 Å². The maximum Gasteiger partial charge on any atom is 0.162 e. The van der Waals surface area contributed by atoms with Crippen LogP contribution in [0.4, 0.5) is 0 Å². The zero-order chi connectivity index (χ0) is 12.8. The van der Waals surface area contributed by atoms with E-state index in [0.29, 0.717) is 25.4 Å². The average Bonchev–Trinajstić information content (AvgIpc) is 2.87. The number of nitrogens with zero attached hydrogens (tertiary/aromatic N) is 1. The van der Waals surface area contributed by atoms with Gasteiger partial charge in [0.15, 0.2) is 11.5 Å². The lowest BCUT2D eigenvalue weighted by atomic mass is 10.2. The van der Waals surface area contributed by atoms with E-state index in [0.717, 1.165) is 11.1 Å². The van der Waals surface area contributed by atoms with E-state index in [2.05, 4.69) is 15.5 Å².